The summed E-state index contributed by atoms with van der Waals surface area (Å²) in [6, 6.07) is 10.1. The number of ether oxygens (including phenoxy) is 2. The van der Waals surface area contributed by atoms with Crippen LogP contribution in [-0.4, -0.2) is 31.2 Å². The first kappa shape index (κ1) is 23.0. The van der Waals surface area contributed by atoms with Crippen molar-refractivity contribution in [3.63, 3.8) is 0 Å². The summed E-state index contributed by atoms with van der Waals surface area (Å²) in [6.45, 7) is 8.52. The number of aryl methyl sites for hydroxylation is 1. The van der Waals surface area contributed by atoms with Gasteiger partial charge in [-0.3, -0.25) is 0 Å². The molecule has 0 atom stereocenters. The number of aromatic nitrogens is 1. The summed E-state index contributed by atoms with van der Waals surface area (Å²) in [6.07, 6.45) is 1.73. The predicted octanol–water partition coefficient (Wildman–Crippen LogP) is 3.67. The molecule has 7 heteroatoms. The minimum Gasteiger partial charge on any atom is -0.496 e. The van der Waals surface area contributed by atoms with Crippen LogP contribution in [-0.2, 0) is 13.1 Å². The molecule has 1 aromatic heterocycles. The largest absolute Gasteiger partial charge is 0.496 e. The van der Waals surface area contributed by atoms with E-state index in [9.17, 15) is 0 Å². The van der Waals surface area contributed by atoms with Crippen molar-refractivity contribution in [1.82, 2.24) is 15.6 Å². The normalized spacial score (nSPS) is 10.7. The zero-order valence-electron chi connectivity index (χ0n) is 16.4. The van der Waals surface area contributed by atoms with Gasteiger partial charge in [-0.05, 0) is 38.5 Å². The summed E-state index contributed by atoms with van der Waals surface area (Å²) in [4.78, 5) is 8.92. The Labute approximate surface area is 178 Å². The highest BCUT2D eigenvalue weighted by molar-refractivity contribution is 14.0. The average Bonchev–Trinajstić information content (AvgIpc) is 2.66. The van der Waals surface area contributed by atoms with Gasteiger partial charge in [-0.15, -0.1) is 24.0 Å². The fourth-order valence-electron chi connectivity index (χ4n) is 2.49. The van der Waals surface area contributed by atoms with Crippen molar-refractivity contribution in [2.75, 3.05) is 20.3 Å². The van der Waals surface area contributed by atoms with Gasteiger partial charge in [-0.2, -0.15) is 0 Å². The van der Waals surface area contributed by atoms with E-state index in [4.69, 9.17) is 9.47 Å². The van der Waals surface area contributed by atoms with Gasteiger partial charge in [0.1, 0.15) is 5.75 Å². The summed E-state index contributed by atoms with van der Waals surface area (Å²) < 4.78 is 11.0. The monoisotopic (exact) mass is 484 g/mol. The fourth-order valence-corrected chi connectivity index (χ4v) is 2.49. The summed E-state index contributed by atoms with van der Waals surface area (Å²) in [5, 5.41) is 6.61. The molecule has 148 valence electrons. The van der Waals surface area contributed by atoms with E-state index in [1.165, 1.54) is 5.56 Å². The van der Waals surface area contributed by atoms with Gasteiger partial charge in [0, 0.05) is 30.4 Å². The van der Waals surface area contributed by atoms with Crippen molar-refractivity contribution in [3.8, 4) is 11.6 Å². The van der Waals surface area contributed by atoms with Crippen molar-refractivity contribution < 1.29 is 9.47 Å². The Morgan fingerprint density at radius 1 is 1.15 bits per heavy atom. The number of benzene rings is 1. The van der Waals surface area contributed by atoms with E-state index in [1.54, 1.807) is 13.3 Å². The van der Waals surface area contributed by atoms with Crippen LogP contribution in [0.5, 0.6) is 11.6 Å². The van der Waals surface area contributed by atoms with E-state index >= 15 is 0 Å². The lowest BCUT2D eigenvalue weighted by molar-refractivity contribution is 0.323. The molecule has 2 aromatic rings. The molecular formula is C20H29IN4O2. The zero-order chi connectivity index (χ0) is 18.8. The number of nitrogens with one attached hydrogen (secondary N) is 2. The van der Waals surface area contributed by atoms with E-state index in [0.717, 1.165) is 29.4 Å². The molecule has 2 rings (SSSR count). The highest BCUT2D eigenvalue weighted by atomic mass is 127. The lowest BCUT2D eigenvalue weighted by atomic mass is 10.1. The average molecular weight is 484 g/mol. The van der Waals surface area contributed by atoms with Crippen molar-refractivity contribution >= 4 is 29.9 Å². The Hall–Kier alpha value is -2.03. The fraction of sp³-hybridized carbons (Fsp3) is 0.400. The van der Waals surface area contributed by atoms with Crippen LogP contribution in [0.4, 0.5) is 0 Å². The van der Waals surface area contributed by atoms with E-state index < -0.39 is 0 Å². The van der Waals surface area contributed by atoms with E-state index in [-0.39, 0.29) is 24.0 Å². The summed E-state index contributed by atoms with van der Waals surface area (Å²) in [5.74, 6) is 2.25. The van der Waals surface area contributed by atoms with E-state index in [0.29, 0.717) is 25.6 Å². The second-order valence-corrected chi connectivity index (χ2v) is 5.76. The van der Waals surface area contributed by atoms with Crippen molar-refractivity contribution in [1.29, 1.82) is 0 Å². The number of rotatable bonds is 8. The maximum Gasteiger partial charge on any atom is 0.218 e. The van der Waals surface area contributed by atoms with Crippen LogP contribution < -0.4 is 20.1 Å². The Morgan fingerprint density at radius 2 is 1.96 bits per heavy atom. The number of guanidine groups is 1. The molecule has 0 saturated carbocycles. The number of aliphatic imine (C=N–C) groups is 1. The molecule has 0 aliphatic heterocycles. The first-order valence-corrected chi connectivity index (χ1v) is 8.90. The van der Waals surface area contributed by atoms with Gasteiger partial charge in [0.05, 0.1) is 20.3 Å². The van der Waals surface area contributed by atoms with Crippen LogP contribution in [0.15, 0.2) is 41.5 Å². The van der Waals surface area contributed by atoms with Crippen LogP contribution in [0.2, 0.25) is 0 Å². The maximum atomic E-state index is 5.56. The van der Waals surface area contributed by atoms with E-state index in [2.05, 4.69) is 39.7 Å². The minimum atomic E-state index is 0. The Kier molecular flexibility index (Phi) is 10.5. The number of nitrogens with zero attached hydrogens (tertiary/aromatic N) is 2. The van der Waals surface area contributed by atoms with E-state index in [1.807, 2.05) is 32.0 Å². The van der Waals surface area contributed by atoms with Crippen LogP contribution in [0, 0.1) is 6.92 Å². The Morgan fingerprint density at radius 3 is 2.67 bits per heavy atom. The minimum absolute atomic E-state index is 0. The van der Waals surface area contributed by atoms with Gasteiger partial charge >= 0.3 is 0 Å². The van der Waals surface area contributed by atoms with Crippen molar-refractivity contribution in [3.05, 3.63) is 53.2 Å². The van der Waals surface area contributed by atoms with Gasteiger partial charge in [0.25, 0.3) is 0 Å². The third-order valence-electron chi connectivity index (χ3n) is 3.77. The maximum absolute atomic E-state index is 5.56. The lowest BCUT2D eigenvalue weighted by Crippen LogP contribution is -2.36. The smallest absolute Gasteiger partial charge is 0.218 e. The number of hydrogen-bond acceptors (Lipinski definition) is 4. The van der Waals surface area contributed by atoms with Crippen LogP contribution in [0.3, 0.4) is 0 Å². The molecule has 1 heterocycles. The summed E-state index contributed by atoms with van der Waals surface area (Å²) >= 11 is 0. The Bertz CT molecular complexity index is 738. The molecule has 27 heavy (non-hydrogen) atoms. The summed E-state index contributed by atoms with van der Waals surface area (Å²) in [7, 11) is 1.69. The van der Waals surface area contributed by atoms with Crippen LogP contribution >= 0.6 is 24.0 Å². The van der Waals surface area contributed by atoms with Crippen LogP contribution in [0.1, 0.15) is 30.5 Å². The first-order valence-electron chi connectivity index (χ1n) is 8.90. The van der Waals surface area contributed by atoms with Crippen LogP contribution in [0.25, 0.3) is 0 Å². The molecular weight excluding hydrogens is 455 g/mol. The van der Waals surface area contributed by atoms with Crippen molar-refractivity contribution in [2.45, 2.75) is 33.9 Å². The van der Waals surface area contributed by atoms with Gasteiger partial charge < -0.3 is 20.1 Å². The highest BCUT2D eigenvalue weighted by Crippen LogP contribution is 2.19. The van der Waals surface area contributed by atoms with Gasteiger partial charge in [-0.25, -0.2) is 9.98 Å². The number of pyridine rings is 1. The molecule has 0 spiro atoms. The second kappa shape index (κ2) is 12.4. The summed E-state index contributed by atoms with van der Waals surface area (Å²) in [5.41, 5.74) is 3.21. The van der Waals surface area contributed by atoms with Gasteiger partial charge in [0.2, 0.25) is 5.88 Å². The molecule has 0 radical (unpaired) electrons. The molecule has 0 saturated heterocycles. The number of methoxy groups -OCH3 is 1. The topological polar surface area (TPSA) is 67.8 Å². The molecule has 2 N–H and O–H groups in total. The van der Waals surface area contributed by atoms with Gasteiger partial charge in [-0.1, -0.05) is 18.2 Å². The standard InChI is InChI=1S/C20H28N4O2.HI/c1-5-21-20(23-13-16-10-9-15(3)12-18(16)25-4)24-14-17-8-7-11-22-19(17)26-6-2;/h7-12H,5-6,13-14H2,1-4H3,(H2,21,23,24);1H. The molecule has 0 fully saturated rings. The number of halogens is 1. The Balaban J connectivity index is 0.00000364. The molecule has 1 aromatic carbocycles. The number of hydrogen-bond donors (Lipinski definition) is 2. The predicted molar refractivity (Wildman–Crippen MR) is 120 cm³/mol. The SMILES string of the molecule is CCNC(=NCc1cccnc1OCC)NCc1ccc(C)cc1OC.I. The molecule has 0 unspecified atom stereocenters. The second-order valence-electron chi connectivity index (χ2n) is 5.76. The lowest BCUT2D eigenvalue weighted by Gasteiger charge is -2.14. The first-order chi connectivity index (χ1) is 12.7. The zero-order valence-corrected chi connectivity index (χ0v) is 18.7. The quantitative estimate of drug-likeness (QED) is 0.340. The molecule has 0 aliphatic rings. The molecule has 6 nitrogen and oxygen atoms in total. The molecule has 0 aliphatic carbocycles. The molecule has 0 bridgehead atoms. The highest BCUT2D eigenvalue weighted by Gasteiger charge is 2.06. The van der Waals surface area contributed by atoms with Crippen molar-refractivity contribution in [2.24, 2.45) is 4.99 Å². The third kappa shape index (κ3) is 7.24. The van der Waals surface area contributed by atoms with Gasteiger partial charge in [0.15, 0.2) is 5.96 Å². The third-order valence-corrected chi connectivity index (χ3v) is 3.77. The molecule has 0 amide bonds.